The zero-order valence-corrected chi connectivity index (χ0v) is 12.8. The Morgan fingerprint density at radius 2 is 1.74 bits per heavy atom. The van der Waals surface area contributed by atoms with Gasteiger partial charge in [-0.3, -0.25) is 4.79 Å². The van der Waals surface area contributed by atoms with Crippen molar-refractivity contribution in [1.82, 2.24) is 5.32 Å². The normalized spacial score (nSPS) is 14.9. The van der Waals surface area contributed by atoms with Crippen molar-refractivity contribution >= 4 is 11.9 Å². The van der Waals surface area contributed by atoms with Crippen molar-refractivity contribution in [2.24, 2.45) is 11.8 Å². The van der Waals surface area contributed by atoms with Crippen molar-refractivity contribution in [1.29, 1.82) is 0 Å². The summed E-state index contributed by atoms with van der Waals surface area (Å²) in [6.45, 7) is 10.7. The molecule has 0 aliphatic carbocycles. The molecule has 0 aromatic carbocycles. The smallest absolute Gasteiger partial charge is 0.408 e. The third-order valence-electron chi connectivity index (χ3n) is 2.50. The van der Waals surface area contributed by atoms with E-state index in [1.807, 2.05) is 13.8 Å². The maximum atomic E-state index is 12.1. The molecular formula is C14H27NO4. The van der Waals surface area contributed by atoms with E-state index in [1.54, 1.807) is 27.7 Å². The number of carbonyl (C=O) groups excluding carboxylic acids is 2. The van der Waals surface area contributed by atoms with Crippen LogP contribution < -0.4 is 5.32 Å². The molecule has 0 rings (SSSR count). The molecule has 0 spiro atoms. The van der Waals surface area contributed by atoms with Gasteiger partial charge in [-0.05, 0) is 33.1 Å². The van der Waals surface area contributed by atoms with Crippen LogP contribution in [-0.4, -0.2) is 35.2 Å². The Balaban J connectivity index is 4.69. The molecule has 0 fully saturated rings. The molecule has 2 unspecified atom stereocenters. The zero-order chi connectivity index (χ0) is 15.2. The van der Waals surface area contributed by atoms with Crippen molar-refractivity contribution in [3.63, 3.8) is 0 Å². The highest BCUT2D eigenvalue weighted by Gasteiger charge is 2.27. The van der Waals surface area contributed by atoms with Crippen molar-refractivity contribution < 1.29 is 19.4 Å². The number of hydrogen-bond acceptors (Lipinski definition) is 4. The molecule has 0 aromatic heterocycles. The van der Waals surface area contributed by atoms with Gasteiger partial charge < -0.3 is 15.2 Å². The van der Waals surface area contributed by atoms with Crippen LogP contribution in [0.1, 0.15) is 48.0 Å². The monoisotopic (exact) mass is 273 g/mol. The molecule has 19 heavy (non-hydrogen) atoms. The Hall–Kier alpha value is -1.10. The SMILES string of the molecule is CC(C)CC(NC(=O)OC(C)(C)C)C(=O)C(C)CO. The van der Waals surface area contributed by atoms with Gasteiger partial charge in [0, 0.05) is 5.92 Å². The maximum Gasteiger partial charge on any atom is 0.408 e. The molecule has 1 amide bonds. The molecule has 0 heterocycles. The van der Waals surface area contributed by atoms with E-state index in [9.17, 15) is 9.59 Å². The lowest BCUT2D eigenvalue weighted by molar-refractivity contribution is -0.126. The van der Waals surface area contributed by atoms with Gasteiger partial charge in [-0.2, -0.15) is 0 Å². The second-order valence-electron chi connectivity index (χ2n) is 6.31. The average Bonchev–Trinajstić information content (AvgIpc) is 2.22. The van der Waals surface area contributed by atoms with E-state index >= 15 is 0 Å². The molecule has 0 aliphatic heterocycles. The minimum Gasteiger partial charge on any atom is -0.444 e. The van der Waals surface area contributed by atoms with E-state index in [-0.39, 0.29) is 18.3 Å². The largest absolute Gasteiger partial charge is 0.444 e. The van der Waals surface area contributed by atoms with Crippen LogP contribution in [0.5, 0.6) is 0 Å². The number of carbonyl (C=O) groups is 2. The highest BCUT2D eigenvalue weighted by molar-refractivity contribution is 5.89. The second-order valence-corrected chi connectivity index (χ2v) is 6.31. The maximum absolute atomic E-state index is 12.1. The molecule has 5 heteroatoms. The molecule has 2 atom stereocenters. The van der Waals surface area contributed by atoms with E-state index in [4.69, 9.17) is 9.84 Å². The first kappa shape index (κ1) is 17.9. The Labute approximate surface area is 115 Å². The Morgan fingerprint density at radius 1 is 1.21 bits per heavy atom. The van der Waals surface area contributed by atoms with Gasteiger partial charge in [-0.1, -0.05) is 20.8 Å². The van der Waals surface area contributed by atoms with E-state index in [0.717, 1.165) is 0 Å². The topological polar surface area (TPSA) is 75.6 Å². The van der Waals surface area contributed by atoms with Crippen LogP contribution in [0, 0.1) is 11.8 Å². The Kier molecular flexibility index (Phi) is 7.05. The first-order valence-corrected chi connectivity index (χ1v) is 6.71. The third kappa shape index (κ3) is 7.82. The van der Waals surface area contributed by atoms with Crippen LogP contribution in [0.3, 0.4) is 0 Å². The fraction of sp³-hybridized carbons (Fsp3) is 0.857. The van der Waals surface area contributed by atoms with Crippen LogP contribution in [0.15, 0.2) is 0 Å². The lowest BCUT2D eigenvalue weighted by atomic mass is 9.94. The van der Waals surface area contributed by atoms with Gasteiger partial charge in [0.05, 0.1) is 12.6 Å². The summed E-state index contributed by atoms with van der Waals surface area (Å²) in [7, 11) is 0. The van der Waals surface area contributed by atoms with E-state index in [2.05, 4.69) is 5.32 Å². The summed E-state index contributed by atoms with van der Waals surface area (Å²) in [5.41, 5.74) is -0.599. The first-order chi connectivity index (χ1) is 8.56. The second kappa shape index (κ2) is 7.48. The van der Waals surface area contributed by atoms with E-state index in [1.165, 1.54) is 0 Å². The van der Waals surface area contributed by atoms with E-state index < -0.39 is 23.7 Å². The molecule has 0 radical (unpaired) electrons. The number of ketones is 1. The number of Topliss-reactive ketones (excluding diaryl/α,β-unsaturated/α-hetero) is 1. The molecule has 112 valence electrons. The van der Waals surface area contributed by atoms with Crippen molar-refractivity contribution in [3.8, 4) is 0 Å². The summed E-state index contributed by atoms with van der Waals surface area (Å²) in [6.07, 6.45) is -0.0702. The van der Waals surface area contributed by atoms with Gasteiger partial charge in [0.2, 0.25) is 0 Å². The van der Waals surface area contributed by atoms with Gasteiger partial charge >= 0.3 is 6.09 Å². The molecule has 0 bridgehead atoms. The van der Waals surface area contributed by atoms with Crippen LogP contribution in [0.4, 0.5) is 4.79 Å². The quantitative estimate of drug-likeness (QED) is 0.777. The van der Waals surface area contributed by atoms with Gasteiger partial charge in [0.1, 0.15) is 5.60 Å². The number of nitrogens with one attached hydrogen (secondary N) is 1. The van der Waals surface area contributed by atoms with Gasteiger partial charge in [-0.25, -0.2) is 4.79 Å². The molecule has 0 aromatic rings. The molecule has 0 saturated heterocycles. The summed E-state index contributed by atoms with van der Waals surface area (Å²) < 4.78 is 5.15. The molecule has 5 nitrogen and oxygen atoms in total. The van der Waals surface area contributed by atoms with Crippen LogP contribution in [0.25, 0.3) is 0 Å². The predicted molar refractivity (Wildman–Crippen MR) is 73.9 cm³/mol. The molecule has 0 aliphatic rings. The summed E-state index contributed by atoms with van der Waals surface area (Å²) >= 11 is 0. The summed E-state index contributed by atoms with van der Waals surface area (Å²) in [4.78, 5) is 23.8. The predicted octanol–water partition coefficient (Wildman–Crippen LogP) is 2.12. The highest BCUT2D eigenvalue weighted by Crippen LogP contribution is 2.12. The highest BCUT2D eigenvalue weighted by atomic mass is 16.6. The molecule has 0 saturated carbocycles. The van der Waals surface area contributed by atoms with Crippen LogP contribution >= 0.6 is 0 Å². The number of aliphatic hydroxyl groups excluding tert-OH is 1. The first-order valence-electron chi connectivity index (χ1n) is 6.71. The van der Waals surface area contributed by atoms with Gasteiger partial charge in [-0.15, -0.1) is 0 Å². The summed E-state index contributed by atoms with van der Waals surface area (Å²) in [6, 6.07) is -0.614. The standard InChI is InChI=1S/C14H27NO4/c1-9(2)7-11(12(17)10(3)8-16)15-13(18)19-14(4,5)6/h9-11,16H,7-8H2,1-6H3,(H,15,18). The van der Waals surface area contributed by atoms with Crippen molar-refractivity contribution in [2.75, 3.05) is 6.61 Å². The fourth-order valence-electron chi connectivity index (χ4n) is 1.60. The molecule has 2 N–H and O–H groups in total. The number of alkyl carbamates (subject to hydrolysis) is 1. The summed E-state index contributed by atoms with van der Waals surface area (Å²) in [5, 5.41) is 11.6. The van der Waals surface area contributed by atoms with Crippen LogP contribution in [0.2, 0.25) is 0 Å². The van der Waals surface area contributed by atoms with Crippen LogP contribution in [-0.2, 0) is 9.53 Å². The van der Waals surface area contributed by atoms with Crippen molar-refractivity contribution in [2.45, 2.75) is 59.6 Å². The third-order valence-corrected chi connectivity index (χ3v) is 2.50. The average molecular weight is 273 g/mol. The minimum atomic E-state index is -0.614. The number of aliphatic hydroxyl groups is 1. The van der Waals surface area contributed by atoms with E-state index in [0.29, 0.717) is 6.42 Å². The lowest BCUT2D eigenvalue weighted by Crippen LogP contribution is -2.46. The number of hydrogen-bond donors (Lipinski definition) is 2. The van der Waals surface area contributed by atoms with Gasteiger partial charge in [0.15, 0.2) is 5.78 Å². The molecular weight excluding hydrogens is 246 g/mol. The van der Waals surface area contributed by atoms with Crippen molar-refractivity contribution in [3.05, 3.63) is 0 Å². The zero-order valence-electron chi connectivity index (χ0n) is 12.8. The number of ether oxygens (including phenoxy) is 1. The lowest BCUT2D eigenvalue weighted by Gasteiger charge is -2.25. The summed E-state index contributed by atoms with van der Waals surface area (Å²) in [5.74, 6) is -0.393. The van der Waals surface area contributed by atoms with Gasteiger partial charge in [0.25, 0.3) is 0 Å². The number of rotatable bonds is 6. The Morgan fingerprint density at radius 3 is 2.11 bits per heavy atom. The fourth-order valence-corrected chi connectivity index (χ4v) is 1.60. The minimum absolute atomic E-state index is 0.165. The Bertz CT molecular complexity index is 307. The number of amides is 1.